The standard InChI is InChI=1S/C29H49IO4/c1-18(17-31)8-7-12-29(30,34)19-9-14-28(6)24(19)20(32)16-22-26(4)13-11-23(33)25(2,3)21(26)10-15-27(22,28)5/h8,19-24,31-34H,7,9-17H2,1-6H3/b18-8+/t19?,20?,21?,22?,23?,24?,26?,27?,28-,29?/m1/s1. The number of alkyl halides is 1. The molecule has 4 aliphatic carbocycles. The van der Waals surface area contributed by atoms with E-state index in [1.165, 1.54) is 0 Å². The predicted octanol–water partition coefficient (Wildman–Crippen LogP) is 5.85. The first-order chi connectivity index (χ1) is 15.6. The summed E-state index contributed by atoms with van der Waals surface area (Å²) in [4.78, 5) is 0. The Morgan fingerprint density at radius 1 is 0.971 bits per heavy atom. The highest BCUT2D eigenvalue weighted by molar-refractivity contribution is 14.1. The van der Waals surface area contributed by atoms with Gasteiger partial charge in [0.1, 0.15) is 3.61 Å². The van der Waals surface area contributed by atoms with Crippen LogP contribution in [0.15, 0.2) is 11.6 Å². The van der Waals surface area contributed by atoms with E-state index in [4.69, 9.17) is 0 Å². The average Bonchev–Trinajstić information content (AvgIpc) is 3.13. The molecule has 34 heavy (non-hydrogen) atoms. The summed E-state index contributed by atoms with van der Waals surface area (Å²) >= 11 is 2.26. The van der Waals surface area contributed by atoms with Crippen LogP contribution in [0.1, 0.15) is 99.3 Å². The first-order valence-electron chi connectivity index (χ1n) is 13.7. The largest absolute Gasteiger partial charge is 0.393 e. The molecule has 0 spiro atoms. The first kappa shape index (κ1) is 27.3. The molecule has 0 radical (unpaired) electrons. The van der Waals surface area contributed by atoms with E-state index >= 15 is 0 Å². The Labute approximate surface area is 221 Å². The molecule has 4 aliphatic rings. The van der Waals surface area contributed by atoms with Gasteiger partial charge in [-0.15, -0.1) is 0 Å². The lowest BCUT2D eigenvalue weighted by Gasteiger charge is -2.70. The average molecular weight is 589 g/mol. The molecule has 10 atom stereocenters. The van der Waals surface area contributed by atoms with Crippen molar-refractivity contribution in [1.29, 1.82) is 0 Å². The summed E-state index contributed by atoms with van der Waals surface area (Å²) in [6.45, 7) is 13.9. The van der Waals surface area contributed by atoms with Crippen LogP contribution in [-0.4, -0.2) is 42.8 Å². The van der Waals surface area contributed by atoms with Gasteiger partial charge < -0.3 is 20.4 Å². The maximum absolute atomic E-state index is 11.8. The number of hydrogen-bond acceptors (Lipinski definition) is 4. The van der Waals surface area contributed by atoms with Crippen molar-refractivity contribution in [2.75, 3.05) is 6.61 Å². The Morgan fingerprint density at radius 2 is 1.62 bits per heavy atom. The fourth-order valence-electron chi connectivity index (χ4n) is 10.0. The van der Waals surface area contributed by atoms with Gasteiger partial charge in [-0.1, -0.05) is 46.3 Å². The summed E-state index contributed by atoms with van der Waals surface area (Å²) < 4.78 is -0.853. The van der Waals surface area contributed by atoms with Gasteiger partial charge in [-0.05, 0) is 127 Å². The lowest BCUT2D eigenvalue weighted by Crippen LogP contribution is -2.66. The lowest BCUT2D eigenvalue weighted by molar-refractivity contribution is -0.244. The van der Waals surface area contributed by atoms with E-state index in [0.29, 0.717) is 18.3 Å². The van der Waals surface area contributed by atoms with Gasteiger partial charge in [-0.25, -0.2) is 0 Å². The van der Waals surface area contributed by atoms with Crippen molar-refractivity contribution < 1.29 is 20.4 Å². The molecule has 4 saturated carbocycles. The smallest absolute Gasteiger partial charge is 0.119 e. The van der Waals surface area contributed by atoms with Gasteiger partial charge in [0.15, 0.2) is 0 Å². The van der Waals surface area contributed by atoms with Crippen LogP contribution >= 0.6 is 22.6 Å². The third-order valence-electron chi connectivity index (χ3n) is 12.2. The highest BCUT2D eigenvalue weighted by atomic mass is 127. The van der Waals surface area contributed by atoms with E-state index in [9.17, 15) is 20.4 Å². The Hall–Kier alpha value is 0.310. The highest BCUT2D eigenvalue weighted by Crippen LogP contribution is 2.76. The van der Waals surface area contributed by atoms with Gasteiger partial charge in [0.05, 0.1) is 18.8 Å². The molecule has 196 valence electrons. The van der Waals surface area contributed by atoms with Gasteiger partial charge in [0, 0.05) is 5.92 Å². The number of rotatable bonds is 5. The topological polar surface area (TPSA) is 80.9 Å². The van der Waals surface area contributed by atoms with Crippen LogP contribution in [0, 0.1) is 45.3 Å². The quantitative estimate of drug-likeness (QED) is 0.185. The van der Waals surface area contributed by atoms with Crippen LogP contribution in [0.25, 0.3) is 0 Å². The second-order valence-electron chi connectivity index (χ2n) is 13.9. The second kappa shape index (κ2) is 8.96. The minimum Gasteiger partial charge on any atom is -0.393 e. The molecule has 4 fully saturated rings. The lowest BCUT2D eigenvalue weighted by atomic mass is 9.35. The highest BCUT2D eigenvalue weighted by Gasteiger charge is 2.71. The summed E-state index contributed by atoms with van der Waals surface area (Å²) in [7, 11) is 0. The zero-order valence-corrected chi connectivity index (χ0v) is 24.4. The fraction of sp³-hybridized carbons (Fsp3) is 0.931. The van der Waals surface area contributed by atoms with Gasteiger partial charge in [-0.3, -0.25) is 0 Å². The van der Waals surface area contributed by atoms with Crippen molar-refractivity contribution in [1.82, 2.24) is 0 Å². The molecule has 0 heterocycles. The Morgan fingerprint density at radius 3 is 2.26 bits per heavy atom. The molecule has 0 aromatic rings. The third kappa shape index (κ3) is 3.88. The van der Waals surface area contributed by atoms with Crippen LogP contribution in [0.4, 0.5) is 0 Å². The molecular formula is C29H49IO4. The zero-order valence-electron chi connectivity index (χ0n) is 22.3. The number of allylic oxidation sites excluding steroid dienone is 1. The molecule has 0 bridgehead atoms. The summed E-state index contributed by atoms with van der Waals surface area (Å²) in [5, 5.41) is 43.6. The van der Waals surface area contributed by atoms with E-state index in [2.05, 4.69) is 57.2 Å². The molecule has 0 aromatic heterocycles. The molecular weight excluding hydrogens is 539 g/mol. The summed E-state index contributed by atoms with van der Waals surface area (Å²) in [6, 6.07) is 0. The van der Waals surface area contributed by atoms with Crippen molar-refractivity contribution >= 4 is 22.6 Å². The van der Waals surface area contributed by atoms with E-state index in [1.54, 1.807) is 0 Å². The summed E-state index contributed by atoms with van der Waals surface area (Å²) in [5.41, 5.74) is 1.13. The molecule has 4 nitrogen and oxygen atoms in total. The molecule has 5 heteroatoms. The van der Waals surface area contributed by atoms with Crippen molar-refractivity contribution in [2.45, 2.75) is 115 Å². The number of fused-ring (bicyclic) bond motifs is 5. The predicted molar refractivity (Wildman–Crippen MR) is 145 cm³/mol. The molecule has 4 N–H and O–H groups in total. The number of hydrogen-bond donors (Lipinski definition) is 4. The second-order valence-corrected chi connectivity index (χ2v) is 15.8. The SMILES string of the molecule is C/C(=C\CCC(O)(I)C1CC[C@]2(C)C1C(O)CC1C3(C)CCC(O)C(C)(C)C3CCC12C)CO. The van der Waals surface area contributed by atoms with Crippen molar-refractivity contribution in [3.05, 3.63) is 11.6 Å². The Balaban J connectivity index is 1.64. The van der Waals surface area contributed by atoms with Crippen LogP contribution in [0.2, 0.25) is 0 Å². The molecule has 0 amide bonds. The van der Waals surface area contributed by atoms with Crippen LogP contribution in [0.5, 0.6) is 0 Å². The molecule has 4 rings (SSSR count). The maximum atomic E-state index is 11.8. The van der Waals surface area contributed by atoms with Crippen LogP contribution in [0.3, 0.4) is 0 Å². The minimum atomic E-state index is -0.853. The number of halogens is 1. The molecule has 0 aromatic carbocycles. The van der Waals surface area contributed by atoms with Gasteiger partial charge >= 0.3 is 0 Å². The van der Waals surface area contributed by atoms with Gasteiger partial charge in [-0.2, -0.15) is 0 Å². The van der Waals surface area contributed by atoms with Gasteiger partial charge in [0.25, 0.3) is 0 Å². The Bertz CT molecular complexity index is 808. The van der Waals surface area contributed by atoms with Crippen molar-refractivity contribution in [2.24, 2.45) is 45.3 Å². The summed E-state index contributed by atoms with van der Waals surface area (Å²) in [5.74, 6) is 1.12. The fourth-order valence-corrected chi connectivity index (χ4v) is 11.0. The van der Waals surface area contributed by atoms with E-state index < -0.39 is 9.71 Å². The number of aliphatic hydroxyl groups excluding tert-OH is 3. The summed E-state index contributed by atoms with van der Waals surface area (Å²) in [6.07, 6.45) is 9.87. The van der Waals surface area contributed by atoms with E-state index in [0.717, 1.165) is 56.9 Å². The normalized spacial score (nSPS) is 50.1. The van der Waals surface area contributed by atoms with E-state index in [-0.39, 0.29) is 46.2 Å². The van der Waals surface area contributed by atoms with E-state index in [1.807, 2.05) is 13.0 Å². The molecule has 9 unspecified atom stereocenters. The van der Waals surface area contributed by atoms with Gasteiger partial charge in [0.2, 0.25) is 0 Å². The first-order valence-corrected chi connectivity index (χ1v) is 14.8. The van der Waals surface area contributed by atoms with Crippen molar-refractivity contribution in [3.8, 4) is 0 Å². The zero-order chi connectivity index (χ0) is 25.3. The van der Waals surface area contributed by atoms with Crippen LogP contribution < -0.4 is 0 Å². The number of aliphatic hydroxyl groups is 4. The molecule has 0 saturated heterocycles. The van der Waals surface area contributed by atoms with Crippen LogP contribution in [-0.2, 0) is 0 Å². The maximum Gasteiger partial charge on any atom is 0.119 e. The molecule has 0 aliphatic heterocycles. The monoisotopic (exact) mass is 588 g/mol. The Kier molecular flexibility index (Phi) is 7.20. The van der Waals surface area contributed by atoms with Crippen molar-refractivity contribution in [3.63, 3.8) is 0 Å². The minimum absolute atomic E-state index is 0.00416. The third-order valence-corrected chi connectivity index (χ3v) is 13.5.